The Bertz CT molecular complexity index is 229. The second-order valence-corrected chi connectivity index (χ2v) is 2.47. The predicted molar refractivity (Wildman–Crippen MR) is 38.4 cm³/mol. The molecule has 1 aromatic heterocycles. The summed E-state index contributed by atoms with van der Waals surface area (Å²) in [6.45, 7) is 5.26. The van der Waals surface area contributed by atoms with Crippen LogP contribution < -0.4 is 0 Å². The van der Waals surface area contributed by atoms with Gasteiger partial charge in [-0.05, 0) is 20.8 Å². The van der Waals surface area contributed by atoms with E-state index in [1.54, 1.807) is 27.0 Å². The molecule has 0 atom stereocenters. The minimum atomic E-state index is -0.132. The zero-order valence-electron chi connectivity index (χ0n) is 6.40. The molecule has 1 nitrogen and oxygen atoms in total. The number of pyridine rings is 1. The van der Waals surface area contributed by atoms with Crippen LogP contribution in [0.15, 0.2) is 6.20 Å². The normalized spacial score (nSPS) is 10.0. The van der Waals surface area contributed by atoms with Crippen LogP contribution in [0.4, 0.5) is 4.39 Å². The number of halogens is 1. The first kappa shape index (κ1) is 7.19. The van der Waals surface area contributed by atoms with Gasteiger partial charge in [0.1, 0.15) is 5.82 Å². The van der Waals surface area contributed by atoms with Gasteiger partial charge in [-0.2, -0.15) is 0 Å². The van der Waals surface area contributed by atoms with Crippen molar-refractivity contribution >= 4 is 0 Å². The maximum atomic E-state index is 13.0. The van der Waals surface area contributed by atoms with E-state index < -0.39 is 0 Å². The van der Waals surface area contributed by atoms with Crippen molar-refractivity contribution in [3.63, 3.8) is 0 Å². The number of aromatic nitrogens is 1. The Morgan fingerprint density at radius 2 is 1.90 bits per heavy atom. The molecule has 0 aliphatic rings. The Morgan fingerprint density at radius 3 is 2.40 bits per heavy atom. The molecule has 0 radical (unpaired) electrons. The van der Waals surface area contributed by atoms with E-state index in [0.717, 1.165) is 5.69 Å². The van der Waals surface area contributed by atoms with Gasteiger partial charge in [0.15, 0.2) is 0 Å². The molecule has 1 heterocycles. The lowest BCUT2D eigenvalue weighted by molar-refractivity contribution is 0.603. The Morgan fingerprint density at radius 1 is 1.30 bits per heavy atom. The van der Waals surface area contributed by atoms with Crippen LogP contribution in [0.3, 0.4) is 0 Å². The molecular formula is C8H10FN. The zero-order valence-corrected chi connectivity index (χ0v) is 6.40. The van der Waals surface area contributed by atoms with Crippen molar-refractivity contribution in [1.29, 1.82) is 0 Å². The van der Waals surface area contributed by atoms with Crippen molar-refractivity contribution in [2.45, 2.75) is 20.8 Å². The van der Waals surface area contributed by atoms with Gasteiger partial charge in [0.2, 0.25) is 0 Å². The maximum absolute atomic E-state index is 13.0. The zero-order chi connectivity index (χ0) is 7.72. The average molecular weight is 139 g/mol. The van der Waals surface area contributed by atoms with Gasteiger partial charge in [-0.15, -0.1) is 0 Å². The molecule has 2 heteroatoms. The van der Waals surface area contributed by atoms with Crippen molar-refractivity contribution in [2.24, 2.45) is 0 Å². The van der Waals surface area contributed by atoms with Gasteiger partial charge < -0.3 is 0 Å². The highest BCUT2D eigenvalue weighted by Crippen LogP contribution is 2.11. The van der Waals surface area contributed by atoms with E-state index in [1.807, 2.05) is 0 Å². The predicted octanol–water partition coefficient (Wildman–Crippen LogP) is 2.15. The fraction of sp³-hybridized carbons (Fsp3) is 0.375. The highest BCUT2D eigenvalue weighted by atomic mass is 19.1. The monoisotopic (exact) mass is 139 g/mol. The van der Waals surface area contributed by atoms with E-state index in [2.05, 4.69) is 4.98 Å². The van der Waals surface area contributed by atoms with E-state index >= 15 is 0 Å². The minimum Gasteiger partial charge on any atom is -0.261 e. The Balaban J connectivity index is 3.34. The van der Waals surface area contributed by atoms with Crippen LogP contribution in [0.2, 0.25) is 0 Å². The third-order valence-electron chi connectivity index (χ3n) is 1.67. The number of rotatable bonds is 0. The summed E-state index contributed by atoms with van der Waals surface area (Å²) in [5.74, 6) is -0.132. The van der Waals surface area contributed by atoms with Crippen LogP contribution in [0, 0.1) is 26.6 Å². The smallest absolute Gasteiger partial charge is 0.132 e. The highest BCUT2D eigenvalue weighted by molar-refractivity contribution is 5.24. The van der Waals surface area contributed by atoms with Crippen molar-refractivity contribution in [3.8, 4) is 0 Å². The lowest BCUT2D eigenvalue weighted by atomic mass is 10.1. The van der Waals surface area contributed by atoms with Crippen molar-refractivity contribution in [1.82, 2.24) is 4.98 Å². The van der Waals surface area contributed by atoms with Gasteiger partial charge in [0.05, 0.1) is 0 Å². The van der Waals surface area contributed by atoms with E-state index in [4.69, 9.17) is 0 Å². The Kier molecular flexibility index (Phi) is 1.70. The molecule has 1 rings (SSSR count). The SMILES string of the molecule is Cc1cnc(C)c(C)c1F. The van der Waals surface area contributed by atoms with E-state index in [0.29, 0.717) is 11.1 Å². The van der Waals surface area contributed by atoms with Gasteiger partial charge in [-0.3, -0.25) is 4.98 Å². The lowest BCUT2D eigenvalue weighted by Gasteiger charge is -2.01. The summed E-state index contributed by atoms with van der Waals surface area (Å²) < 4.78 is 13.0. The number of nitrogens with zero attached hydrogens (tertiary/aromatic N) is 1. The molecule has 0 amide bonds. The minimum absolute atomic E-state index is 0.132. The first-order valence-electron chi connectivity index (χ1n) is 3.21. The van der Waals surface area contributed by atoms with Crippen molar-refractivity contribution in [2.75, 3.05) is 0 Å². The molecule has 0 aliphatic carbocycles. The highest BCUT2D eigenvalue weighted by Gasteiger charge is 2.03. The molecule has 0 saturated heterocycles. The van der Waals surface area contributed by atoms with Crippen LogP contribution in [-0.4, -0.2) is 4.98 Å². The molecule has 0 spiro atoms. The molecule has 0 N–H and O–H groups in total. The van der Waals surface area contributed by atoms with Gasteiger partial charge in [0, 0.05) is 23.0 Å². The summed E-state index contributed by atoms with van der Waals surface area (Å²) in [7, 11) is 0. The van der Waals surface area contributed by atoms with Crippen LogP contribution in [0.5, 0.6) is 0 Å². The number of hydrogen-bond donors (Lipinski definition) is 0. The standard InChI is InChI=1S/C8H10FN/c1-5-4-10-7(3)6(2)8(5)9/h4H,1-3H3. The molecule has 0 saturated carbocycles. The van der Waals surface area contributed by atoms with Crippen molar-refractivity contribution in [3.05, 3.63) is 28.8 Å². The first-order valence-corrected chi connectivity index (χ1v) is 3.21. The summed E-state index contributed by atoms with van der Waals surface area (Å²) in [4.78, 5) is 4.00. The Labute approximate surface area is 59.9 Å². The van der Waals surface area contributed by atoms with Crippen molar-refractivity contribution < 1.29 is 4.39 Å². The molecule has 0 unspecified atom stereocenters. The summed E-state index contributed by atoms with van der Waals surface area (Å²) in [6, 6.07) is 0. The van der Waals surface area contributed by atoms with Crippen LogP contribution >= 0.6 is 0 Å². The van der Waals surface area contributed by atoms with Gasteiger partial charge in [-0.25, -0.2) is 4.39 Å². The number of aryl methyl sites for hydroxylation is 2. The molecule has 0 bridgehead atoms. The average Bonchev–Trinajstić information content (AvgIpc) is 1.93. The molecular weight excluding hydrogens is 129 g/mol. The third-order valence-corrected chi connectivity index (χ3v) is 1.67. The molecule has 0 aliphatic heterocycles. The molecule has 0 fully saturated rings. The van der Waals surface area contributed by atoms with Gasteiger partial charge in [0.25, 0.3) is 0 Å². The van der Waals surface area contributed by atoms with Crippen LogP contribution in [0.25, 0.3) is 0 Å². The number of hydrogen-bond acceptors (Lipinski definition) is 1. The largest absolute Gasteiger partial charge is 0.261 e. The molecule has 0 aromatic carbocycles. The van der Waals surface area contributed by atoms with E-state index in [9.17, 15) is 4.39 Å². The lowest BCUT2D eigenvalue weighted by Crippen LogP contribution is -1.93. The molecule has 54 valence electrons. The fourth-order valence-corrected chi connectivity index (χ4v) is 0.802. The summed E-state index contributed by atoms with van der Waals surface area (Å²) >= 11 is 0. The first-order chi connectivity index (χ1) is 4.63. The molecule has 10 heavy (non-hydrogen) atoms. The van der Waals surface area contributed by atoms with Crippen LogP contribution in [-0.2, 0) is 0 Å². The Hall–Kier alpha value is -0.920. The van der Waals surface area contributed by atoms with Crippen LogP contribution in [0.1, 0.15) is 16.8 Å². The van der Waals surface area contributed by atoms with Gasteiger partial charge in [-0.1, -0.05) is 0 Å². The van der Waals surface area contributed by atoms with E-state index in [1.165, 1.54) is 0 Å². The summed E-state index contributed by atoms with van der Waals surface area (Å²) in [5, 5.41) is 0. The third kappa shape index (κ3) is 1.01. The summed E-state index contributed by atoms with van der Waals surface area (Å²) in [5.41, 5.74) is 2.03. The second kappa shape index (κ2) is 2.37. The molecule has 1 aromatic rings. The quantitative estimate of drug-likeness (QED) is 0.536. The second-order valence-electron chi connectivity index (χ2n) is 2.47. The fourth-order valence-electron chi connectivity index (χ4n) is 0.802. The van der Waals surface area contributed by atoms with E-state index in [-0.39, 0.29) is 5.82 Å². The van der Waals surface area contributed by atoms with Gasteiger partial charge >= 0.3 is 0 Å². The topological polar surface area (TPSA) is 12.9 Å². The summed E-state index contributed by atoms with van der Waals surface area (Å²) in [6.07, 6.45) is 1.55. The maximum Gasteiger partial charge on any atom is 0.132 e.